The normalized spacial score (nSPS) is 14.4. The predicted octanol–water partition coefficient (Wildman–Crippen LogP) is 3.31. The molecule has 1 amide bonds. The highest BCUT2D eigenvalue weighted by Crippen LogP contribution is 2.26. The topological polar surface area (TPSA) is 106 Å². The van der Waals surface area contributed by atoms with Crippen molar-refractivity contribution >= 4 is 28.7 Å². The van der Waals surface area contributed by atoms with Crippen LogP contribution in [0, 0.1) is 6.92 Å². The van der Waals surface area contributed by atoms with E-state index in [4.69, 9.17) is 21.3 Å². The van der Waals surface area contributed by atoms with Crippen LogP contribution in [0.4, 0.5) is 0 Å². The molecule has 2 aromatic heterocycles. The monoisotopic (exact) mass is 492 g/mol. The largest absolute Gasteiger partial charge is 0.484 e. The molecular weight excluding hydrogens is 468 g/mol. The van der Waals surface area contributed by atoms with Crippen molar-refractivity contribution in [1.29, 1.82) is 0 Å². The van der Waals surface area contributed by atoms with Crippen molar-refractivity contribution in [3.8, 4) is 5.75 Å². The maximum Gasteiger partial charge on any atom is 0.281 e. The molecule has 1 saturated heterocycles. The zero-order valence-corrected chi connectivity index (χ0v) is 20.0. The molecule has 1 fully saturated rings. The van der Waals surface area contributed by atoms with E-state index in [0.717, 1.165) is 11.1 Å². The van der Waals surface area contributed by atoms with Gasteiger partial charge in [-0.25, -0.2) is 9.67 Å². The first-order chi connectivity index (χ1) is 17.0. The third kappa shape index (κ3) is 5.19. The van der Waals surface area contributed by atoms with Gasteiger partial charge < -0.3 is 14.6 Å². The molecule has 0 radical (unpaired) electrons. The van der Waals surface area contributed by atoms with Crippen LogP contribution >= 0.6 is 11.6 Å². The Kier molecular flexibility index (Phi) is 6.50. The van der Waals surface area contributed by atoms with Crippen LogP contribution in [-0.4, -0.2) is 55.5 Å². The van der Waals surface area contributed by atoms with Crippen molar-refractivity contribution in [3.05, 3.63) is 80.9 Å². The Morgan fingerprint density at radius 1 is 1.17 bits per heavy atom. The second kappa shape index (κ2) is 9.87. The number of aromatic nitrogens is 5. The van der Waals surface area contributed by atoms with Gasteiger partial charge in [0, 0.05) is 24.0 Å². The van der Waals surface area contributed by atoms with Gasteiger partial charge in [0.25, 0.3) is 11.5 Å². The molecule has 1 aliphatic rings. The third-order valence-corrected chi connectivity index (χ3v) is 6.47. The number of benzene rings is 2. The summed E-state index contributed by atoms with van der Waals surface area (Å²) in [6.45, 7) is 3.55. The first-order valence-electron chi connectivity index (χ1n) is 11.5. The summed E-state index contributed by atoms with van der Waals surface area (Å²) in [5.74, 6) is 1.26. The minimum absolute atomic E-state index is 0.00310. The van der Waals surface area contributed by atoms with Crippen molar-refractivity contribution in [2.45, 2.75) is 32.2 Å². The second-order valence-electron chi connectivity index (χ2n) is 8.76. The number of amides is 1. The van der Waals surface area contributed by atoms with Crippen LogP contribution in [0.15, 0.2) is 53.3 Å². The van der Waals surface area contributed by atoms with E-state index in [1.165, 1.54) is 0 Å². The molecule has 0 spiro atoms. The van der Waals surface area contributed by atoms with Gasteiger partial charge in [-0.05, 0) is 49.6 Å². The first-order valence-corrected chi connectivity index (χ1v) is 11.9. The summed E-state index contributed by atoms with van der Waals surface area (Å²) < 4.78 is 7.25. The van der Waals surface area contributed by atoms with Crippen molar-refractivity contribution in [1.82, 2.24) is 29.9 Å². The number of likely N-dealkylation sites (tertiary alicyclic amines) is 1. The average Bonchev–Trinajstić information content (AvgIpc) is 3.27. The highest BCUT2D eigenvalue weighted by atomic mass is 35.5. The Bertz CT molecular complexity index is 1410. The van der Waals surface area contributed by atoms with Crippen LogP contribution in [0.25, 0.3) is 11.2 Å². The lowest BCUT2D eigenvalue weighted by molar-refractivity contribution is -0.134. The maximum absolute atomic E-state index is 12.7. The summed E-state index contributed by atoms with van der Waals surface area (Å²) >= 11 is 6.09. The van der Waals surface area contributed by atoms with Gasteiger partial charge in [0.1, 0.15) is 11.6 Å². The number of halogens is 1. The van der Waals surface area contributed by atoms with E-state index in [2.05, 4.69) is 15.3 Å². The molecule has 3 heterocycles. The molecule has 9 nitrogen and oxygen atoms in total. The van der Waals surface area contributed by atoms with Gasteiger partial charge in [-0.15, -0.1) is 5.10 Å². The summed E-state index contributed by atoms with van der Waals surface area (Å²) in [6, 6.07) is 15.1. The smallest absolute Gasteiger partial charge is 0.281 e. The highest BCUT2D eigenvalue weighted by Gasteiger charge is 2.26. The van der Waals surface area contributed by atoms with Crippen LogP contribution in [0.2, 0.25) is 5.02 Å². The fourth-order valence-corrected chi connectivity index (χ4v) is 4.48. The molecule has 4 aromatic rings. The lowest BCUT2D eigenvalue weighted by Gasteiger charge is -2.31. The standard InChI is InChI=1S/C25H25ClN6O3/c1-16-5-7-20(8-6-16)35-15-21(33)31-11-9-18(10-12-31)23-27-24-22(25(34)28-23)29-30-32(24)14-17-3-2-4-19(26)13-17/h2-8,13,18H,9-12,14-15H2,1H3,(H,27,28,34). The Morgan fingerprint density at radius 3 is 2.69 bits per heavy atom. The SMILES string of the molecule is Cc1ccc(OCC(=O)N2CCC(c3nc4c(nnn4Cc4cccc(Cl)c4)c(=O)[nH]3)CC2)cc1. The van der Waals surface area contributed by atoms with Gasteiger partial charge in [0.2, 0.25) is 0 Å². The van der Waals surface area contributed by atoms with Gasteiger partial charge in [0.15, 0.2) is 17.8 Å². The summed E-state index contributed by atoms with van der Waals surface area (Å²) in [6.07, 6.45) is 1.39. The van der Waals surface area contributed by atoms with Gasteiger partial charge in [-0.2, -0.15) is 0 Å². The fraction of sp³-hybridized carbons (Fsp3) is 0.320. The Hall–Kier alpha value is -3.72. The van der Waals surface area contributed by atoms with E-state index in [1.54, 1.807) is 15.6 Å². The van der Waals surface area contributed by atoms with Crippen LogP contribution in [0.3, 0.4) is 0 Å². The van der Waals surface area contributed by atoms with E-state index in [-0.39, 0.29) is 29.5 Å². The number of nitrogens with one attached hydrogen (secondary N) is 1. The fourth-order valence-electron chi connectivity index (χ4n) is 4.26. The quantitative estimate of drug-likeness (QED) is 0.442. The summed E-state index contributed by atoms with van der Waals surface area (Å²) in [7, 11) is 0. The van der Waals surface area contributed by atoms with Crippen LogP contribution in [0.5, 0.6) is 5.75 Å². The number of ether oxygens (including phenoxy) is 1. The molecule has 1 aliphatic heterocycles. The zero-order chi connectivity index (χ0) is 24.4. The molecule has 5 rings (SSSR count). The lowest BCUT2D eigenvalue weighted by atomic mass is 9.96. The highest BCUT2D eigenvalue weighted by molar-refractivity contribution is 6.30. The van der Waals surface area contributed by atoms with Crippen LogP contribution in [0.1, 0.15) is 35.7 Å². The molecule has 35 heavy (non-hydrogen) atoms. The number of nitrogens with zero attached hydrogens (tertiary/aromatic N) is 5. The number of H-pyrrole nitrogens is 1. The van der Waals surface area contributed by atoms with Crippen molar-refractivity contribution in [3.63, 3.8) is 0 Å². The van der Waals surface area contributed by atoms with Gasteiger partial charge >= 0.3 is 0 Å². The van der Waals surface area contributed by atoms with E-state index < -0.39 is 0 Å². The Labute approximate surface area is 206 Å². The summed E-state index contributed by atoms with van der Waals surface area (Å²) in [5, 5.41) is 8.77. The van der Waals surface area contributed by atoms with Crippen molar-refractivity contribution in [2.75, 3.05) is 19.7 Å². The van der Waals surface area contributed by atoms with Gasteiger partial charge in [-0.1, -0.05) is 46.6 Å². The maximum atomic E-state index is 12.7. The molecule has 0 unspecified atom stereocenters. The lowest BCUT2D eigenvalue weighted by Crippen LogP contribution is -2.41. The molecule has 0 bridgehead atoms. The number of aromatic amines is 1. The van der Waals surface area contributed by atoms with Crippen LogP contribution < -0.4 is 10.3 Å². The number of rotatable bonds is 6. The predicted molar refractivity (Wildman–Crippen MR) is 132 cm³/mol. The van der Waals surface area contributed by atoms with Gasteiger partial charge in [-0.3, -0.25) is 9.59 Å². The molecule has 1 N–H and O–H groups in total. The van der Waals surface area contributed by atoms with E-state index in [9.17, 15) is 9.59 Å². The first kappa shape index (κ1) is 23.0. The number of hydrogen-bond donors (Lipinski definition) is 1. The number of fused-ring (bicyclic) bond motifs is 1. The van der Waals surface area contributed by atoms with E-state index >= 15 is 0 Å². The minimum atomic E-state index is -0.313. The Morgan fingerprint density at radius 2 is 1.94 bits per heavy atom. The van der Waals surface area contributed by atoms with E-state index in [1.807, 2.05) is 49.4 Å². The molecule has 2 aromatic carbocycles. The number of aryl methyl sites for hydroxylation is 1. The number of hydrogen-bond acceptors (Lipinski definition) is 6. The Balaban J connectivity index is 1.25. The molecule has 0 atom stereocenters. The number of carbonyl (C=O) groups is 1. The molecule has 0 aliphatic carbocycles. The van der Waals surface area contributed by atoms with Crippen molar-refractivity contribution in [2.24, 2.45) is 0 Å². The molecule has 180 valence electrons. The molecule has 10 heteroatoms. The number of carbonyl (C=O) groups excluding carboxylic acids is 1. The summed E-state index contributed by atoms with van der Waals surface area (Å²) in [4.78, 5) is 34.7. The second-order valence-corrected chi connectivity index (χ2v) is 9.19. The molecular formula is C25H25ClN6O3. The van der Waals surface area contributed by atoms with Crippen molar-refractivity contribution < 1.29 is 9.53 Å². The van der Waals surface area contributed by atoms with Crippen LogP contribution in [-0.2, 0) is 11.3 Å². The summed E-state index contributed by atoms with van der Waals surface area (Å²) in [5.41, 5.74) is 2.41. The van der Waals surface area contributed by atoms with E-state index in [0.29, 0.717) is 54.7 Å². The zero-order valence-electron chi connectivity index (χ0n) is 19.3. The van der Waals surface area contributed by atoms with Gasteiger partial charge in [0.05, 0.1) is 6.54 Å². The minimum Gasteiger partial charge on any atom is -0.484 e. The average molecular weight is 493 g/mol. The molecule has 0 saturated carbocycles. The third-order valence-electron chi connectivity index (χ3n) is 6.23. The number of piperidine rings is 1.